The summed E-state index contributed by atoms with van der Waals surface area (Å²) in [6.45, 7) is 0.335. The molecule has 0 radical (unpaired) electrons. The van der Waals surface area contributed by atoms with Crippen LogP contribution in [0.4, 0.5) is 5.69 Å². The lowest BCUT2D eigenvalue weighted by Gasteiger charge is -2.07. The van der Waals surface area contributed by atoms with Crippen molar-refractivity contribution in [2.75, 3.05) is 5.32 Å². The average molecular weight is 311 g/mol. The molecule has 5 heteroatoms. The molecule has 120 valence electrons. The number of benzene rings is 1. The summed E-state index contributed by atoms with van der Waals surface area (Å²) in [7, 11) is 0. The minimum atomic E-state index is -0.304. The highest BCUT2D eigenvalue weighted by Crippen LogP contribution is 2.25. The number of amides is 2. The summed E-state index contributed by atoms with van der Waals surface area (Å²) >= 11 is 0. The van der Waals surface area contributed by atoms with Crippen molar-refractivity contribution in [3.8, 4) is 6.07 Å². The van der Waals surface area contributed by atoms with E-state index in [1.807, 2.05) is 30.3 Å². The van der Waals surface area contributed by atoms with Crippen LogP contribution in [0.1, 0.15) is 37.7 Å². The van der Waals surface area contributed by atoms with Gasteiger partial charge in [0, 0.05) is 12.2 Å². The van der Waals surface area contributed by atoms with E-state index in [1.165, 1.54) is 25.7 Å². The Morgan fingerprint density at radius 2 is 2.09 bits per heavy atom. The molecule has 23 heavy (non-hydrogen) atoms. The van der Waals surface area contributed by atoms with Gasteiger partial charge in [-0.05, 0) is 42.5 Å². The molecule has 1 saturated carbocycles. The third-order valence-corrected chi connectivity index (χ3v) is 3.84. The van der Waals surface area contributed by atoms with E-state index in [0.29, 0.717) is 18.2 Å². The van der Waals surface area contributed by atoms with Crippen LogP contribution in [-0.4, -0.2) is 11.8 Å². The maximum atomic E-state index is 11.9. The molecule has 2 amide bonds. The van der Waals surface area contributed by atoms with Crippen LogP contribution < -0.4 is 10.6 Å². The Kier molecular flexibility index (Phi) is 6.37. The van der Waals surface area contributed by atoms with Crippen molar-refractivity contribution in [1.82, 2.24) is 5.32 Å². The van der Waals surface area contributed by atoms with Gasteiger partial charge in [-0.3, -0.25) is 9.59 Å². The molecular weight excluding hydrogens is 290 g/mol. The van der Waals surface area contributed by atoms with E-state index in [-0.39, 0.29) is 18.2 Å². The third-order valence-electron chi connectivity index (χ3n) is 3.84. The molecule has 1 aliphatic carbocycles. The molecule has 0 unspecified atom stereocenters. The quantitative estimate of drug-likeness (QED) is 0.792. The molecular formula is C18H21N3O2. The van der Waals surface area contributed by atoms with Gasteiger partial charge in [0.05, 0.1) is 6.07 Å². The Labute approximate surface area is 136 Å². The zero-order valence-corrected chi connectivity index (χ0v) is 13.0. The number of allylic oxidation sites excluding steroid dienone is 1. The fraction of sp³-hybridized carbons (Fsp3) is 0.389. The first kappa shape index (κ1) is 16.8. The molecule has 0 bridgehead atoms. The fourth-order valence-corrected chi connectivity index (χ4v) is 2.65. The molecule has 0 spiro atoms. The van der Waals surface area contributed by atoms with Gasteiger partial charge in [-0.25, -0.2) is 0 Å². The summed E-state index contributed by atoms with van der Waals surface area (Å²) in [5.74, 6) is 0.0893. The zero-order chi connectivity index (χ0) is 16.5. The summed E-state index contributed by atoms with van der Waals surface area (Å²) in [4.78, 5) is 23.2. The Bertz CT molecular complexity index is 625. The highest BCUT2D eigenvalue weighted by atomic mass is 16.2. The summed E-state index contributed by atoms with van der Waals surface area (Å²) < 4.78 is 0. The first-order valence-corrected chi connectivity index (χ1v) is 7.89. The lowest BCUT2D eigenvalue weighted by molar-refractivity contribution is -0.120. The van der Waals surface area contributed by atoms with E-state index in [2.05, 4.69) is 10.6 Å². The summed E-state index contributed by atoms with van der Waals surface area (Å²) in [6, 6.07) is 9.10. The van der Waals surface area contributed by atoms with Crippen LogP contribution in [0.3, 0.4) is 0 Å². The highest BCUT2D eigenvalue weighted by molar-refractivity contribution is 5.99. The molecule has 1 aromatic carbocycles. The summed E-state index contributed by atoms with van der Waals surface area (Å²) in [5.41, 5.74) is 1.56. The number of nitrogens with zero attached hydrogens (tertiary/aromatic N) is 1. The van der Waals surface area contributed by atoms with Gasteiger partial charge in [0.1, 0.15) is 6.42 Å². The second-order valence-corrected chi connectivity index (χ2v) is 5.70. The van der Waals surface area contributed by atoms with Crippen LogP contribution in [0.5, 0.6) is 0 Å². The molecule has 0 atom stereocenters. The number of hydrogen-bond acceptors (Lipinski definition) is 3. The van der Waals surface area contributed by atoms with Crippen molar-refractivity contribution in [2.45, 2.75) is 38.6 Å². The third kappa shape index (κ3) is 5.95. The second kappa shape index (κ2) is 8.74. The molecule has 2 rings (SSSR count). The maximum absolute atomic E-state index is 11.9. The lowest BCUT2D eigenvalue weighted by atomic mass is 10.1. The molecule has 0 saturated heterocycles. The number of carbonyl (C=O) groups is 2. The minimum Gasteiger partial charge on any atom is -0.351 e. The van der Waals surface area contributed by atoms with E-state index >= 15 is 0 Å². The van der Waals surface area contributed by atoms with Crippen LogP contribution in [0.15, 0.2) is 36.4 Å². The molecule has 1 fully saturated rings. The van der Waals surface area contributed by atoms with Crippen LogP contribution >= 0.6 is 0 Å². The second-order valence-electron chi connectivity index (χ2n) is 5.70. The van der Waals surface area contributed by atoms with Crippen molar-refractivity contribution in [2.24, 2.45) is 5.92 Å². The number of hydrogen-bond donors (Lipinski definition) is 2. The van der Waals surface area contributed by atoms with Gasteiger partial charge in [0.2, 0.25) is 11.8 Å². The van der Waals surface area contributed by atoms with Crippen molar-refractivity contribution in [3.63, 3.8) is 0 Å². The van der Waals surface area contributed by atoms with E-state index in [9.17, 15) is 9.59 Å². The number of nitriles is 1. The van der Waals surface area contributed by atoms with Crippen LogP contribution in [0.2, 0.25) is 0 Å². The molecule has 0 aromatic heterocycles. The van der Waals surface area contributed by atoms with Crippen molar-refractivity contribution >= 4 is 17.5 Å². The van der Waals surface area contributed by atoms with E-state index in [0.717, 1.165) is 5.56 Å². The van der Waals surface area contributed by atoms with Crippen LogP contribution in [0.25, 0.3) is 0 Å². The van der Waals surface area contributed by atoms with E-state index in [1.54, 1.807) is 12.1 Å². The van der Waals surface area contributed by atoms with Gasteiger partial charge >= 0.3 is 0 Å². The molecule has 0 aliphatic heterocycles. The summed E-state index contributed by atoms with van der Waals surface area (Å²) in [5, 5.41) is 13.9. The van der Waals surface area contributed by atoms with Crippen molar-refractivity contribution in [3.05, 3.63) is 42.0 Å². The van der Waals surface area contributed by atoms with Crippen molar-refractivity contribution < 1.29 is 9.59 Å². The Balaban J connectivity index is 1.85. The minimum absolute atomic E-state index is 0.137. The Hall–Kier alpha value is -2.61. The molecule has 0 heterocycles. The Morgan fingerprint density at radius 3 is 2.83 bits per heavy atom. The molecule has 1 aliphatic rings. The van der Waals surface area contributed by atoms with Gasteiger partial charge in [0.15, 0.2) is 0 Å². The normalized spacial score (nSPS) is 14.6. The van der Waals surface area contributed by atoms with Gasteiger partial charge in [-0.15, -0.1) is 0 Å². The molecule has 1 aromatic rings. The van der Waals surface area contributed by atoms with Gasteiger partial charge in [0.25, 0.3) is 0 Å². The summed E-state index contributed by atoms with van der Waals surface area (Å²) in [6.07, 6.45) is 8.28. The van der Waals surface area contributed by atoms with Crippen molar-refractivity contribution in [1.29, 1.82) is 5.26 Å². The smallest absolute Gasteiger partial charge is 0.248 e. The number of rotatable bonds is 6. The SMILES string of the molecule is N#CCC(=O)NCc1cccc(NC(=O)/C=C/C2CCCC2)c1. The Morgan fingerprint density at radius 1 is 1.30 bits per heavy atom. The fourth-order valence-electron chi connectivity index (χ4n) is 2.65. The lowest BCUT2D eigenvalue weighted by Crippen LogP contribution is -2.21. The van der Waals surface area contributed by atoms with Crippen LogP contribution in [-0.2, 0) is 16.1 Å². The predicted molar refractivity (Wildman–Crippen MR) is 88.2 cm³/mol. The first-order chi connectivity index (χ1) is 11.2. The molecule has 2 N–H and O–H groups in total. The largest absolute Gasteiger partial charge is 0.351 e. The maximum Gasteiger partial charge on any atom is 0.248 e. The average Bonchev–Trinajstić information content (AvgIpc) is 3.05. The molecule has 5 nitrogen and oxygen atoms in total. The van der Waals surface area contributed by atoms with Crippen LogP contribution in [0, 0.1) is 17.2 Å². The highest BCUT2D eigenvalue weighted by Gasteiger charge is 2.11. The zero-order valence-electron chi connectivity index (χ0n) is 13.0. The predicted octanol–water partition coefficient (Wildman–Crippen LogP) is 2.90. The first-order valence-electron chi connectivity index (χ1n) is 7.89. The van der Waals surface area contributed by atoms with E-state index in [4.69, 9.17) is 5.26 Å². The van der Waals surface area contributed by atoms with E-state index < -0.39 is 0 Å². The van der Waals surface area contributed by atoms with Gasteiger partial charge in [-0.2, -0.15) is 5.26 Å². The standard InChI is InChI=1S/C18H21N3O2/c19-11-10-17(22)20-13-15-6-3-7-16(12-15)21-18(23)9-8-14-4-1-2-5-14/h3,6-9,12,14H,1-2,4-5,10,13H2,(H,20,22)(H,21,23)/b9-8+. The number of carbonyl (C=O) groups excluding carboxylic acids is 2. The monoisotopic (exact) mass is 311 g/mol. The van der Waals surface area contributed by atoms with Gasteiger partial charge < -0.3 is 10.6 Å². The number of anilines is 1. The topological polar surface area (TPSA) is 82.0 Å². The number of nitrogens with one attached hydrogen (secondary N) is 2. The van der Waals surface area contributed by atoms with Gasteiger partial charge in [-0.1, -0.05) is 31.1 Å².